The van der Waals surface area contributed by atoms with Crippen LogP contribution in [0.25, 0.3) is 11.1 Å². The van der Waals surface area contributed by atoms with E-state index in [0.29, 0.717) is 11.6 Å². The Morgan fingerprint density at radius 3 is 2.10 bits per heavy atom. The molecule has 0 aliphatic rings. The summed E-state index contributed by atoms with van der Waals surface area (Å²) in [6.45, 7) is 14.3. The van der Waals surface area contributed by atoms with Crippen molar-refractivity contribution in [1.82, 2.24) is 9.47 Å². The number of nitrogens with zero attached hydrogens (tertiary/aromatic N) is 3. The van der Waals surface area contributed by atoms with Crippen molar-refractivity contribution in [1.29, 1.82) is 0 Å². The molecular formula is C39H48F5N3O4. The fourth-order valence-electron chi connectivity index (χ4n) is 6.23. The first kappa shape index (κ1) is 41.2. The van der Waals surface area contributed by atoms with Gasteiger partial charge in [0.1, 0.15) is 17.7 Å². The molecule has 0 spiro atoms. The molecule has 0 fully saturated rings. The Labute approximate surface area is 296 Å². The highest BCUT2D eigenvalue weighted by molar-refractivity contribution is 5.91. The second kappa shape index (κ2) is 16.9. The summed E-state index contributed by atoms with van der Waals surface area (Å²) in [5.41, 5.74) is 1.43. The van der Waals surface area contributed by atoms with Crippen LogP contribution in [0.4, 0.5) is 22.0 Å². The summed E-state index contributed by atoms with van der Waals surface area (Å²) in [5, 5.41) is 0. The summed E-state index contributed by atoms with van der Waals surface area (Å²) in [5.74, 6) is -5.17. The molecule has 0 aliphatic heterocycles. The van der Waals surface area contributed by atoms with Crippen molar-refractivity contribution in [2.24, 2.45) is 10.9 Å². The third kappa shape index (κ3) is 9.78. The molecule has 0 N–H and O–H groups in total. The smallest absolute Gasteiger partial charge is 0.416 e. The van der Waals surface area contributed by atoms with Gasteiger partial charge in [0.25, 0.3) is 11.5 Å². The maximum Gasteiger partial charge on any atom is 0.416 e. The molecule has 12 heteroatoms. The van der Waals surface area contributed by atoms with Crippen LogP contribution in [0.5, 0.6) is 0 Å². The Morgan fingerprint density at radius 1 is 0.961 bits per heavy atom. The molecule has 3 rings (SSSR count). The van der Waals surface area contributed by atoms with E-state index in [-0.39, 0.29) is 48.6 Å². The summed E-state index contributed by atoms with van der Waals surface area (Å²) in [6, 6.07) is 2.54. The minimum atomic E-state index is -4.80. The van der Waals surface area contributed by atoms with Crippen molar-refractivity contribution in [3.05, 3.63) is 90.9 Å². The van der Waals surface area contributed by atoms with Gasteiger partial charge in [0.2, 0.25) is 0 Å². The standard InChI is InChI=1S/C39H48F5N3O4/c1-11-51-33(49)17-28(35-36(40)24(6)16-29(37(35)41)34-25(7)22(4)15-23(5)26(34)8)19-45-38(50)31(14-21(2)3)47-20-27(12-13-46(9)10)30(18-32(47)48)39(42,43)44/h15-16,18-21,28,31H,11-14,17H2,1-10H3/b45-19+. The number of pyridine rings is 1. The van der Waals surface area contributed by atoms with Crippen LogP contribution in [-0.4, -0.2) is 54.8 Å². The molecule has 0 saturated carbocycles. The molecule has 7 nitrogen and oxygen atoms in total. The van der Waals surface area contributed by atoms with E-state index in [1.54, 1.807) is 39.8 Å². The third-order valence-corrected chi connectivity index (χ3v) is 9.11. The van der Waals surface area contributed by atoms with Gasteiger partial charge in [-0.05, 0) is 119 Å². The van der Waals surface area contributed by atoms with Crippen molar-refractivity contribution in [3.8, 4) is 11.1 Å². The lowest BCUT2D eigenvalue weighted by Gasteiger charge is -2.23. The summed E-state index contributed by atoms with van der Waals surface area (Å²) < 4.78 is 80.6. The average Bonchev–Trinajstić information content (AvgIpc) is 3.02. The molecule has 0 radical (unpaired) electrons. The van der Waals surface area contributed by atoms with Crippen LogP contribution >= 0.6 is 0 Å². The average molecular weight is 718 g/mol. The lowest BCUT2D eigenvalue weighted by Crippen LogP contribution is -2.32. The van der Waals surface area contributed by atoms with Gasteiger partial charge in [0.15, 0.2) is 0 Å². The van der Waals surface area contributed by atoms with Crippen LogP contribution < -0.4 is 5.56 Å². The number of aliphatic imine (C=N–C) groups is 1. The number of ether oxygens (including phenoxy) is 1. The molecular weight excluding hydrogens is 669 g/mol. The van der Waals surface area contributed by atoms with E-state index < -0.39 is 64.8 Å². The molecule has 2 unspecified atom stereocenters. The second-order valence-electron chi connectivity index (χ2n) is 13.8. The molecule has 51 heavy (non-hydrogen) atoms. The highest BCUT2D eigenvalue weighted by Gasteiger charge is 2.36. The van der Waals surface area contributed by atoms with Gasteiger partial charge < -0.3 is 14.2 Å². The Kier molecular flexibility index (Phi) is 13.7. The zero-order valence-corrected chi connectivity index (χ0v) is 31.0. The maximum atomic E-state index is 16.7. The Hall–Kier alpha value is -4.19. The van der Waals surface area contributed by atoms with Crippen molar-refractivity contribution in [2.45, 2.75) is 92.8 Å². The highest BCUT2D eigenvalue weighted by Crippen LogP contribution is 2.39. The molecule has 3 aromatic rings. The predicted molar refractivity (Wildman–Crippen MR) is 189 cm³/mol. The SMILES string of the molecule is CCOC(=O)CC(/C=N/C(=O)C(CC(C)C)n1cc(CCN(C)C)c(C(F)(F)F)cc1=O)c1c(F)c(C)cc(-c2c(C)c(C)cc(C)c2C)c1F. The number of likely N-dealkylation sites (N-methyl/N-ethyl adjacent to an activating group) is 1. The summed E-state index contributed by atoms with van der Waals surface area (Å²) in [6.07, 6.45) is -3.36. The monoisotopic (exact) mass is 717 g/mol. The van der Waals surface area contributed by atoms with Crippen LogP contribution in [0, 0.1) is 52.2 Å². The number of amides is 1. The van der Waals surface area contributed by atoms with Crippen LogP contribution in [0.2, 0.25) is 0 Å². The van der Waals surface area contributed by atoms with Gasteiger partial charge in [-0.1, -0.05) is 19.9 Å². The molecule has 2 aromatic carbocycles. The van der Waals surface area contributed by atoms with Crippen LogP contribution in [0.3, 0.4) is 0 Å². The number of hydrogen-bond donors (Lipinski definition) is 0. The van der Waals surface area contributed by atoms with Gasteiger partial charge in [-0.15, -0.1) is 0 Å². The topological polar surface area (TPSA) is 81.0 Å². The number of carbonyl (C=O) groups excluding carboxylic acids is 2. The van der Waals surface area contributed by atoms with E-state index in [1.807, 2.05) is 33.8 Å². The minimum Gasteiger partial charge on any atom is -0.466 e. The maximum absolute atomic E-state index is 16.7. The zero-order valence-electron chi connectivity index (χ0n) is 31.0. The lowest BCUT2D eigenvalue weighted by atomic mass is 9.85. The highest BCUT2D eigenvalue weighted by atomic mass is 19.4. The Bertz CT molecular complexity index is 1830. The summed E-state index contributed by atoms with van der Waals surface area (Å²) in [7, 11) is 3.39. The van der Waals surface area contributed by atoms with E-state index in [4.69, 9.17) is 4.74 Å². The Balaban J connectivity index is 2.24. The fraction of sp³-hybridized carbons (Fsp3) is 0.487. The first-order valence-corrected chi connectivity index (χ1v) is 17.0. The number of esters is 1. The summed E-state index contributed by atoms with van der Waals surface area (Å²) >= 11 is 0. The number of aromatic nitrogens is 1. The number of alkyl halides is 3. The minimum absolute atomic E-state index is 0.00390. The molecule has 0 saturated heterocycles. The number of benzene rings is 2. The van der Waals surface area contributed by atoms with E-state index in [0.717, 1.165) is 39.2 Å². The lowest BCUT2D eigenvalue weighted by molar-refractivity contribution is -0.143. The first-order valence-electron chi connectivity index (χ1n) is 17.0. The van der Waals surface area contributed by atoms with Crippen molar-refractivity contribution in [2.75, 3.05) is 27.2 Å². The van der Waals surface area contributed by atoms with Crippen molar-refractivity contribution >= 4 is 18.1 Å². The van der Waals surface area contributed by atoms with Crippen LogP contribution in [-0.2, 0) is 26.9 Å². The predicted octanol–water partition coefficient (Wildman–Crippen LogP) is 8.38. The van der Waals surface area contributed by atoms with Crippen LogP contribution in [0.15, 0.2) is 34.2 Å². The largest absolute Gasteiger partial charge is 0.466 e. The fourth-order valence-corrected chi connectivity index (χ4v) is 6.23. The van der Waals surface area contributed by atoms with Gasteiger partial charge in [0.05, 0.1) is 18.6 Å². The van der Waals surface area contributed by atoms with Gasteiger partial charge in [0, 0.05) is 42.1 Å². The molecule has 0 bridgehead atoms. The van der Waals surface area contributed by atoms with Crippen molar-refractivity contribution in [3.63, 3.8) is 0 Å². The number of hydrogen-bond acceptors (Lipinski definition) is 5. The van der Waals surface area contributed by atoms with E-state index >= 15 is 8.78 Å². The molecule has 1 heterocycles. The number of rotatable bonds is 13. The third-order valence-electron chi connectivity index (χ3n) is 9.11. The molecule has 278 valence electrons. The van der Waals surface area contributed by atoms with E-state index in [9.17, 15) is 27.6 Å². The van der Waals surface area contributed by atoms with E-state index in [2.05, 4.69) is 4.99 Å². The first-order chi connectivity index (χ1) is 23.7. The van der Waals surface area contributed by atoms with E-state index in [1.165, 1.54) is 13.0 Å². The van der Waals surface area contributed by atoms with Crippen molar-refractivity contribution < 1.29 is 36.3 Å². The zero-order chi connectivity index (χ0) is 38.5. The Morgan fingerprint density at radius 2 is 1.57 bits per heavy atom. The second-order valence-corrected chi connectivity index (χ2v) is 13.8. The molecule has 2 atom stereocenters. The molecule has 0 aliphatic carbocycles. The molecule has 1 aromatic heterocycles. The normalized spacial score (nSPS) is 13.4. The van der Waals surface area contributed by atoms with Gasteiger partial charge in [-0.25, -0.2) is 13.8 Å². The number of halogens is 5. The number of aryl methyl sites for hydroxylation is 3. The quantitative estimate of drug-likeness (QED) is 0.101. The van der Waals surface area contributed by atoms with Gasteiger partial charge >= 0.3 is 12.1 Å². The van der Waals surface area contributed by atoms with Gasteiger partial charge in [-0.2, -0.15) is 13.2 Å². The van der Waals surface area contributed by atoms with Crippen LogP contribution in [0.1, 0.15) is 90.1 Å². The van der Waals surface area contributed by atoms with Gasteiger partial charge in [-0.3, -0.25) is 14.4 Å². The summed E-state index contributed by atoms with van der Waals surface area (Å²) in [4.78, 5) is 45.5. The number of carbonyl (C=O) groups is 2. The molecule has 1 amide bonds.